The Bertz CT molecular complexity index is 932. The molecule has 0 unspecified atom stereocenters. The third kappa shape index (κ3) is 4.95. The second-order valence-electron chi connectivity index (χ2n) is 7.68. The van der Waals surface area contributed by atoms with E-state index < -0.39 is 0 Å². The van der Waals surface area contributed by atoms with Gasteiger partial charge in [0.05, 0.1) is 7.11 Å². The zero-order valence-corrected chi connectivity index (χ0v) is 17.1. The van der Waals surface area contributed by atoms with Crippen LogP contribution in [0.5, 0.6) is 5.75 Å². The van der Waals surface area contributed by atoms with Crippen LogP contribution in [0.25, 0.3) is 11.4 Å². The zero-order chi connectivity index (χ0) is 20.1. The maximum Gasteiger partial charge on any atom is 0.321 e. The SMILES string of the molecule is COc1cccc(-c2noc(NCC3CCN(Cc4ccccc4C)CC3)n2)c1. The summed E-state index contributed by atoms with van der Waals surface area (Å²) in [5, 5.41) is 7.40. The first-order chi connectivity index (χ1) is 14.2. The van der Waals surface area contributed by atoms with Crippen molar-refractivity contribution < 1.29 is 9.26 Å². The number of benzene rings is 2. The van der Waals surface area contributed by atoms with Crippen LogP contribution in [0, 0.1) is 12.8 Å². The highest BCUT2D eigenvalue weighted by atomic mass is 16.5. The molecule has 0 atom stereocenters. The normalized spacial score (nSPS) is 15.4. The van der Waals surface area contributed by atoms with Crippen molar-refractivity contribution >= 4 is 6.01 Å². The molecule has 1 fully saturated rings. The van der Waals surface area contributed by atoms with Gasteiger partial charge in [-0.3, -0.25) is 4.90 Å². The number of hydrogen-bond acceptors (Lipinski definition) is 6. The van der Waals surface area contributed by atoms with Gasteiger partial charge in [0.2, 0.25) is 5.82 Å². The summed E-state index contributed by atoms with van der Waals surface area (Å²) >= 11 is 0. The molecule has 3 aromatic rings. The lowest BCUT2D eigenvalue weighted by Gasteiger charge is -2.32. The van der Waals surface area contributed by atoms with Gasteiger partial charge in [0.25, 0.3) is 0 Å². The van der Waals surface area contributed by atoms with Crippen LogP contribution in [0.4, 0.5) is 6.01 Å². The number of aryl methyl sites for hydroxylation is 1. The number of rotatable bonds is 7. The average molecular weight is 393 g/mol. The highest BCUT2D eigenvalue weighted by molar-refractivity contribution is 5.57. The molecule has 6 heteroatoms. The van der Waals surface area contributed by atoms with Crippen LogP contribution in [0.15, 0.2) is 53.1 Å². The predicted molar refractivity (Wildman–Crippen MR) is 114 cm³/mol. The standard InChI is InChI=1S/C23H28N4O2/c1-17-6-3-4-7-20(17)16-27-12-10-18(11-13-27)15-24-23-25-22(26-29-23)19-8-5-9-21(14-19)28-2/h3-9,14,18H,10-13,15-16H2,1-2H3,(H,24,25,26). The minimum atomic E-state index is 0.477. The first-order valence-electron chi connectivity index (χ1n) is 10.2. The Morgan fingerprint density at radius 2 is 1.97 bits per heavy atom. The summed E-state index contributed by atoms with van der Waals surface area (Å²) in [5.41, 5.74) is 3.69. The molecule has 2 aromatic carbocycles. The lowest BCUT2D eigenvalue weighted by molar-refractivity contribution is 0.181. The van der Waals surface area contributed by atoms with Gasteiger partial charge in [-0.15, -0.1) is 0 Å². The summed E-state index contributed by atoms with van der Waals surface area (Å²) in [4.78, 5) is 7.01. The molecule has 2 heterocycles. The monoisotopic (exact) mass is 392 g/mol. The van der Waals surface area contributed by atoms with Gasteiger partial charge in [-0.1, -0.05) is 41.6 Å². The van der Waals surface area contributed by atoms with Crippen molar-refractivity contribution in [1.82, 2.24) is 15.0 Å². The fourth-order valence-electron chi connectivity index (χ4n) is 3.78. The molecule has 1 aliphatic heterocycles. The number of piperidine rings is 1. The predicted octanol–water partition coefficient (Wildman–Crippen LogP) is 4.38. The van der Waals surface area contributed by atoms with Crippen LogP contribution in [0.1, 0.15) is 24.0 Å². The van der Waals surface area contributed by atoms with Gasteiger partial charge in [-0.25, -0.2) is 0 Å². The van der Waals surface area contributed by atoms with Gasteiger partial charge in [-0.05, 0) is 62.0 Å². The Kier molecular flexibility index (Phi) is 6.10. The molecule has 4 rings (SSSR count). The summed E-state index contributed by atoms with van der Waals surface area (Å²) in [6.07, 6.45) is 2.35. The Morgan fingerprint density at radius 1 is 1.14 bits per heavy atom. The van der Waals surface area contributed by atoms with E-state index in [9.17, 15) is 0 Å². The van der Waals surface area contributed by atoms with Crippen LogP contribution in [-0.2, 0) is 6.54 Å². The van der Waals surface area contributed by atoms with Crippen molar-refractivity contribution in [2.75, 3.05) is 32.1 Å². The van der Waals surface area contributed by atoms with E-state index in [1.807, 2.05) is 24.3 Å². The van der Waals surface area contributed by atoms with Crippen LogP contribution >= 0.6 is 0 Å². The summed E-state index contributed by atoms with van der Waals surface area (Å²) < 4.78 is 10.6. The number of hydrogen-bond donors (Lipinski definition) is 1. The van der Waals surface area contributed by atoms with Crippen LogP contribution in [-0.4, -0.2) is 41.8 Å². The first kappa shape index (κ1) is 19.5. The number of nitrogens with one attached hydrogen (secondary N) is 1. The summed E-state index contributed by atoms with van der Waals surface area (Å²) in [5.74, 6) is 1.97. The molecular formula is C23H28N4O2. The molecule has 1 saturated heterocycles. The van der Waals surface area contributed by atoms with Crippen LogP contribution in [0.2, 0.25) is 0 Å². The van der Waals surface area contributed by atoms with Crippen molar-refractivity contribution in [3.05, 3.63) is 59.7 Å². The van der Waals surface area contributed by atoms with Crippen LogP contribution < -0.4 is 10.1 Å². The maximum absolute atomic E-state index is 5.37. The van der Waals surface area contributed by atoms with Gasteiger partial charge < -0.3 is 14.6 Å². The van der Waals surface area contributed by atoms with Gasteiger partial charge in [0.15, 0.2) is 0 Å². The second-order valence-corrected chi connectivity index (χ2v) is 7.68. The number of nitrogens with zero attached hydrogens (tertiary/aromatic N) is 3. The van der Waals surface area contributed by atoms with E-state index in [1.165, 1.54) is 24.0 Å². The molecule has 1 N–H and O–H groups in total. The van der Waals surface area contributed by atoms with E-state index in [-0.39, 0.29) is 0 Å². The minimum Gasteiger partial charge on any atom is -0.497 e. The van der Waals surface area contributed by atoms with Gasteiger partial charge in [-0.2, -0.15) is 4.98 Å². The number of methoxy groups -OCH3 is 1. The molecule has 0 amide bonds. The fraction of sp³-hybridized carbons (Fsp3) is 0.391. The van der Waals surface area contributed by atoms with Gasteiger partial charge in [0.1, 0.15) is 5.75 Å². The summed E-state index contributed by atoms with van der Waals surface area (Å²) in [7, 11) is 1.65. The molecule has 0 aliphatic carbocycles. The molecule has 29 heavy (non-hydrogen) atoms. The highest BCUT2D eigenvalue weighted by Crippen LogP contribution is 2.24. The number of aromatic nitrogens is 2. The van der Waals surface area contributed by atoms with Crippen molar-refractivity contribution in [3.63, 3.8) is 0 Å². The Morgan fingerprint density at radius 3 is 2.76 bits per heavy atom. The van der Waals surface area contributed by atoms with E-state index in [2.05, 4.69) is 51.5 Å². The van der Waals surface area contributed by atoms with Crippen molar-refractivity contribution in [2.24, 2.45) is 5.92 Å². The summed E-state index contributed by atoms with van der Waals surface area (Å²) in [6, 6.07) is 16.8. The Labute approximate surface area is 171 Å². The third-order valence-corrected chi connectivity index (χ3v) is 5.66. The quantitative estimate of drug-likeness (QED) is 0.644. The number of likely N-dealkylation sites (tertiary alicyclic amines) is 1. The molecule has 1 aromatic heterocycles. The number of ether oxygens (including phenoxy) is 1. The van der Waals surface area contributed by atoms with Crippen LogP contribution in [0.3, 0.4) is 0 Å². The topological polar surface area (TPSA) is 63.4 Å². The molecule has 0 bridgehead atoms. The molecule has 1 aliphatic rings. The van der Waals surface area contributed by atoms with E-state index in [0.29, 0.717) is 17.8 Å². The second kappa shape index (κ2) is 9.09. The largest absolute Gasteiger partial charge is 0.497 e. The van der Waals surface area contributed by atoms with Crippen molar-refractivity contribution in [2.45, 2.75) is 26.3 Å². The smallest absolute Gasteiger partial charge is 0.321 e. The third-order valence-electron chi connectivity index (χ3n) is 5.66. The molecule has 0 spiro atoms. The highest BCUT2D eigenvalue weighted by Gasteiger charge is 2.20. The lowest BCUT2D eigenvalue weighted by Crippen LogP contribution is -2.35. The molecule has 0 radical (unpaired) electrons. The summed E-state index contributed by atoms with van der Waals surface area (Å²) in [6.45, 7) is 6.34. The minimum absolute atomic E-state index is 0.477. The average Bonchev–Trinajstić information content (AvgIpc) is 3.24. The van der Waals surface area contributed by atoms with Gasteiger partial charge in [0, 0.05) is 18.7 Å². The zero-order valence-electron chi connectivity index (χ0n) is 17.1. The van der Waals surface area contributed by atoms with E-state index >= 15 is 0 Å². The Hall–Kier alpha value is -2.86. The molecular weight excluding hydrogens is 364 g/mol. The van der Waals surface area contributed by atoms with Gasteiger partial charge >= 0.3 is 6.01 Å². The lowest BCUT2D eigenvalue weighted by atomic mass is 9.96. The number of anilines is 1. The molecule has 0 saturated carbocycles. The maximum atomic E-state index is 5.37. The van der Waals surface area contributed by atoms with E-state index in [1.54, 1.807) is 7.11 Å². The molecule has 152 valence electrons. The fourth-order valence-corrected chi connectivity index (χ4v) is 3.78. The first-order valence-corrected chi connectivity index (χ1v) is 10.2. The Balaban J connectivity index is 1.26. The van der Waals surface area contributed by atoms with E-state index in [0.717, 1.165) is 37.5 Å². The van der Waals surface area contributed by atoms with E-state index in [4.69, 9.17) is 9.26 Å². The van der Waals surface area contributed by atoms with Crippen molar-refractivity contribution in [3.8, 4) is 17.1 Å². The van der Waals surface area contributed by atoms with Crippen molar-refractivity contribution in [1.29, 1.82) is 0 Å². The molecule has 6 nitrogen and oxygen atoms in total.